The van der Waals surface area contributed by atoms with E-state index in [0.29, 0.717) is 5.38 Å². The third-order valence-corrected chi connectivity index (χ3v) is 3.42. The standard InChI is InChI=1S/C10H19Cl/c1-7(2)10-5-4-9(11)6-8(10)3/h7-10H,4-6H2,1-3H3/t8?,9-,10?/m0/s1. The number of hydrogen-bond acceptors (Lipinski definition) is 0. The SMILES string of the molecule is CC(C)C1CC[C@H](Cl)CC1C. The van der Waals surface area contributed by atoms with E-state index in [1.165, 1.54) is 19.3 Å². The molecule has 1 heteroatoms. The summed E-state index contributed by atoms with van der Waals surface area (Å²) in [6, 6.07) is 0. The minimum atomic E-state index is 0.458. The molecule has 0 aromatic carbocycles. The average Bonchev–Trinajstić information content (AvgIpc) is 1.85. The molecule has 0 nitrogen and oxygen atoms in total. The van der Waals surface area contributed by atoms with Crippen molar-refractivity contribution in [2.45, 2.75) is 45.4 Å². The van der Waals surface area contributed by atoms with Gasteiger partial charge in [-0.2, -0.15) is 0 Å². The van der Waals surface area contributed by atoms with E-state index < -0.39 is 0 Å². The van der Waals surface area contributed by atoms with E-state index in [-0.39, 0.29) is 0 Å². The van der Waals surface area contributed by atoms with Crippen LogP contribution in [0.25, 0.3) is 0 Å². The molecule has 0 amide bonds. The molecule has 66 valence electrons. The average molecular weight is 175 g/mol. The van der Waals surface area contributed by atoms with Gasteiger partial charge in [-0.1, -0.05) is 20.8 Å². The van der Waals surface area contributed by atoms with Crippen molar-refractivity contribution in [3.8, 4) is 0 Å². The molecular weight excluding hydrogens is 156 g/mol. The molecule has 0 heterocycles. The summed E-state index contributed by atoms with van der Waals surface area (Å²) in [7, 11) is 0. The van der Waals surface area contributed by atoms with Crippen molar-refractivity contribution in [2.24, 2.45) is 17.8 Å². The molecule has 2 unspecified atom stereocenters. The van der Waals surface area contributed by atoms with Crippen LogP contribution in [-0.2, 0) is 0 Å². The summed E-state index contributed by atoms with van der Waals surface area (Å²) in [6.45, 7) is 7.00. The van der Waals surface area contributed by atoms with E-state index in [4.69, 9.17) is 11.6 Å². The molecule has 0 aliphatic heterocycles. The summed E-state index contributed by atoms with van der Waals surface area (Å²) in [5.41, 5.74) is 0. The molecule has 0 aromatic heterocycles. The molecule has 11 heavy (non-hydrogen) atoms. The van der Waals surface area contributed by atoms with Gasteiger partial charge in [0.2, 0.25) is 0 Å². The van der Waals surface area contributed by atoms with E-state index >= 15 is 0 Å². The van der Waals surface area contributed by atoms with E-state index in [1.807, 2.05) is 0 Å². The van der Waals surface area contributed by atoms with Crippen LogP contribution in [0.5, 0.6) is 0 Å². The van der Waals surface area contributed by atoms with Crippen molar-refractivity contribution >= 4 is 11.6 Å². The second kappa shape index (κ2) is 3.80. The van der Waals surface area contributed by atoms with Crippen LogP contribution in [0.1, 0.15) is 40.0 Å². The lowest BCUT2D eigenvalue weighted by molar-refractivity contribution is 0.198. The fourth-order valence-corrected chi connectivity index (χ4v) is 2.75. The summed E-state index contributed by atoms with van der Waals surface area (Å²) in [6.07, 6.45) is 3.80. The molecule has 1 aliphatic carbocycles. The van der Waals surface area contributed by atoms with Crippen molar-refractivity contribution in [1.29, 1.82) is 0 Å². The van der Waals surface area contributed by atoms with Crippen LogP contribution in [0.4, 0.5) is 0 Å². The molecule has 0 spiro atoms. The van der Waals surface area contributed by atoms with Crippen LogP contribution in [0, 0.1) is 17.8 Å². The molecule has 0 aromatic rings. The van der Waals surface area contributed by atoms with E-state index in [2.05, 4.69) is 20.8 Å². The predicted molar refractivity (Wildman–Crippen MR) is 51.0 cm³/mol. The van der Waals surface area contributed by atoms with Gasteiger partial charge in [0.15, 0.2) is 0 Å². The smallest absolute Gasteiger partial charge is 0.0338 e. The summed E-state index contributed by atoms with van der Waals surface area (Å²) in [4.78, 5) is 0. The van der Waals surface area contributed by atoms with Crippen LogP contribution in [0.3, 0.4) is 0 Å². The highest BCUT2D eigenvalue weighted by Crippen LogP contribution is 2.36. The molecule has 1 rings (SSSR count). The Kier molecular flexibility index (Phi) is 3.24. The zero-order valence-electron chi connectivity index (χ0n) is 7.81. The second-order valence-electron chi connectivity index (χ2n) is 4.30. The molecule has 0 radical (unpaired) electrons. The van der Waals surface area contributed by atoms with Crippen LogP contribution < -0.4 is 0 Å². The van der Waals surface area contributed by atoms with Gasteiger partial charge in [-0.05, 0) is 37.0 Å². The highest BCUT2D eigenvalue weighted by Gasteiger charge is 2.27. The lowest BCUT2D eigenvalue weighted by Crippen LogP contribution is -2.26. The van der Waals surface area contributed by atoms with Crippen LogP contribution in [0.15, 0.2) is 0 Å². The second-order valence-corrected chi connectivity index (χ2v) is 4.91. The fraction of sp³-hybridized carbons (Fsp3) is 1.00. The summed E-state index contributed by atoms with van der Waals surface area (Å²) < 4.78 is 0. The summed E-state index contributed by atoms with van der Waals surface area (Å²) in [5.74, 6) is 2.60. The molecule has 3 atom stereocenters. The zero-order chi connectivity index (χ0) is 8.43. The first-order valence-corrected chi connectivity index (χ1v) is 5.19. The molecule has 0 N–H and O–H groups in total. The Morgan fingerprint density at radius 2 is 1.91 bits per heavy atom. The van der Waals surface area contributed by atoms with Gasteiger partial charge in [0, 0.05) is 5.38 Å². The Morgan fingerprint density at radius 1 is 1.27 bits per heavy atom. The van der Waals surface area contributed by atoms with E-state index in [1.54, 1.807) is 0 Å². The molecule has 1 fully saturated rings. The molecular formula is C10H19Cl. The van der Waals surface area contributed by atoms with Crippen molar-refractivity contribution in [3.63, 3.8) is 0 Å². The topological polar surface area (TPSA) is 0 Å². The predicted octanol–water partition coefficient (Wildman–Crippen LogP) is 3.69. The number of halogens is 1. The summed E-state index contributed by atoms with van der Waals surface area (Å²) >= 11 is 6.08. The maximum absolute atomic E-state index is 6.08. The van der Waals surface area contributed by atoms with Gasteiger partial charge in [0.1, 0.15) is 0 Å². The highest BCUT2D eigenvalue weighted by atomic mass is 35.5. The van der Waals surface area contributed by atoms with Gasteiger partial charge in [0.25, 0.3) is 0 Å². The Labute approximate surface area is 75.3 Å². The van der Waals surface area contributed by atoms with Gasteiger partial charge in [-0.25, -0.2) is 0 Å². The minimum absolute atomic E-state index is 0.458. The fourth-order valence-electron chi connectivity index (χ4n) is 2.34. The lowest BCUT2D eigenvalue weighted by atomic mass is 9.74. The largest absolute Gasteiger partial charge is 0.123 e. The number of hydrogen-bond donors (Lipinski definition) is 0. The maximum Gasteiger partial charge on any atom is 0.0338 e. The Balaban J connectivity index is 2.44. The third kappa shape index (κ3) is 2.37. The van der Waals surface area contributed by atoms with E-state index in [0.717, 1.165) is 17.8 Å². The van der Waals surface area contributed by atoms with Crippen molar-refractivity contribution in [1.82, 2.24) is 0 Å². The first-order chi connectivity index (χ1) is 5.11. The van der Waals surface area contributed by atoms with Crippen LogP contribution in [0.2, 0.25) is 0 Å². The van der Waals surface area contributed by atoms with Gasteiger partial charge in [0.05, 0.1) is 0 Å². The Morgan fingerprint density at radius 3 is 2.36 bits per heavy atom. The van der Waals surface area contributed by atoms with Crippen molar-refractivity contribution in [3.05, 3.63) is 0 Å². The maximum atomic E-state index is 6.08. The number of rotatable bonds is 1. The minimum Gasteiger partial charge on any atom is -0.123 e. The molecule has 1 aliphatic rings. The molecule has 0 saturated heterocycles. The monoisotopic (exact) mass is 174 g/mol. The van der Waals surface area contributed by atoms with Crippen LogP contribution >= 0.6 is 11.6 Å². The van der Waals surface area contributed by atoms with Crippen molar-refractivity contribution in [2.75, 3.05) is 0 Å². The van der Waals surface area contributed by atoms with E-state index in [9.17, 15) is 0 Å². The lowest BCUT2D eigenvalue weighted by Gasteiger charge is -2.34. The normalized spacial score (nSPS) is 39.5. The zero-order valence-corrected chi connectivity index (χ0v) is 8.56. The molecule has 0 bridgehead atoms. The highest BCUT2D eigenvalue weighted by molar-refractivity contribution is 6.20. The first kappa shape index (κ1) is 9.38. The quantitative estimate of drug-likeness (QED) is 0.532. The van der Waals surface area contributed by atoms with Gasteiger partial charge in [-0.15, -0.1) is 11.6 Å². The van der Waals surface area contributed by atoms with Gasteiger partial charge >= 0.3 is 0 Å². The van der Waals surface area contributed by atoms with Gasteiger partial charge in [-0.3, -0.25) is 0 Å². The number of alkyl halides is 1. The Bertz CT molecular complexity index is 120. The Hall–Kier alpha value is 0.290. The third-order valence-electron chi connectivity index (χ3n) is 3.03. The van der Waals surface area contributed by atoms with Crippen LogP contribution in [-0.4, -0.2) is 5.38 Å². The first-order valence-electron chi connectivity index (χ1n) is 4.75. The van der Waals surface area contributed by atoms with Gasteiger partial charge < -0.3 is 0 Å². The summed E-state index contributed by atoms with van der Waals surface area (Å²) in [5, 5.41) is 0.458. The molecule has 1 saturated carbocycles. The van der Waals surface area contributed by atoms with Crippen molar-refractivity contribution < 1.29 is 0 Å².